The molecule has 0 aliphatic carbocycles. The Morgan fingerprint density at radius 3 is 2.71 bits per heavy atom. The third-order valence-corrected chi connectivity index (χ3v) is 2.31. The summed E-state index contributed by atoms with van der Waals surface area (Å²) in [5.41, 5.74) is 1.92. The van der Waals surface area contributed by atoms with Crippen molar-refractivity contribution in [2.45, 2.75) is 12.5 Å². The van der Waals surface area contributed by atoms with Gasteiger partial charge in [0.15, 0.2) is 0 Å². The molecule has 0 amide bonds. The lowest BCUT2D eigenvalue weighted by Gasteiger charge is -2.07. The van der Waals surface area contributed by atoms with Crippen LogP contribution in [0, 0.1) is 0 Å². The molecule has 14 heavy (non-hydrogen) atoms. The van der Waals surface area contributed by atoms with E-state index >= 15 is 0 Å². The van der Waals surface area contributed by atoms with Gasteiger partial charge in [-0.25, -0.2) is 0 Å². The first kappa shape index (κ1) is 9.16. The van der Waals surface area contributed by atoms with E-state index in [4.69, 9.17) is 4.74 Å². The van der Waals surface area contributed by atoms with Crippen LogP contribution in [-0.4, -0.2) is 19.0 Å². The zero-order valence-electron chi connectivity index (χ0n) is 7.85. The van der Waals surface area contributed by atoms with Crippen molar-refractivity contribution in [2.24, 2.45) is 0 Å². The average molecular weight is 188 g/mol. The lowest BCUT2D eigenvalue weighted by molar-refractivity contribution is 0.112. The predicted molar refractivity (Wildman–Crippen MR) is 54.4 cm³/mol. The predicted octanol–water partition coefficient (Wildman–Crippen LogP) is 2.00. The Morgan fingerprint density at radius 2 is 2.14 bits per heavy atom. The molecule has 2 heteroatoms. The Hall–Kier alpha value is -1.41. The number of carbonyl (C=O) groups excluding carboxylic acids is 1. The van der Waals surface area contributed by atoms with E-state index in [9.17, 15) is 4.79 Å². The van der Waals surface area contributed by atoms with Gasteiger partial charge in [-0.3, -0.25) is 4.79 Å². The molecular weight excluding hydrogens is 176 g/mol. The first-order valence-corrected chi connectivity index (χ1v) is 4.71. The maximum atomic E-state index is 10.4. The zero-order valence-corrected chi connectivity index (χ0v) is 7.85. The number of benzene rings is 1. The van der Waals surface area contributed by atoms with Crippen molar-refractivity contribution in [1.82, 2.24) is 0 Å². The van der Waals surface area contributed by atoms with Gasteiger partial charge in [-0.05, 0) is 5.56 Å². The molecule has 1 aromatic carbocycles. The van der Waals surface area contributed by atoms with Gasteiger partial charge < -0.3 is 4.74 Å². The molecule has 1 aliphatic rings. The average Bonchev–Trinajstić information content (AvgIpc) is 2.72. The van der Waals surface area contributed by atoms with Crippen LogP contribution in [0.25, 0.3) is 0 Å². The van der Waals surface area contributed by atoms with Crippen molar-refractivity contribution in [2.75, 3.05) is 6.61 Å². The molecule has 2 rings (SSSR count). The minimum atomic E-state index is 0.206. The number of carbonyl (C=O) groups is 1. The molecule has 0 spiro atoms. The summed E-state index contributed by atoms with van der Waals surface area (Å²) in [4.78, 5) is 10.4. The highest BCUT2D eigenvalue weighted by molar-refractivity contribution is 5.74. The first-order chi connectivity index (χ1) is 6.88. The zero-order chi connectivity index (χ0) is 9.80. The quantitative estimate of drug-likeness (QED) is 0.535. The highest BCUT2D eigenvalue weighted by Crippen LogP contribution is 2.11. The smallest absolute Gasteiger partial charge is 0.150 e. The Bertz CT molecular complexity index is 338. The Morgan fingerprint density at radius 1 is 1.36 bits per heavy atom. The minimum absolute atomic E-state index is 0.206. The van der Waals surface area contributed by atoms with Crippen LogP contribution in [0.4, 0.5) is 0 Å². The molecule has 1 aliphatic heterocycles. The Balaban J connectivity index is 2.02. The number of hydrogen-bond donors (Lipinski definition) is 0. The van der Waals surface area contributed by atoms with Crippen LogP contribution < -0.4 is 0 Å². The normalized spacial score (nSPS) is 19.9. The fourth-order valence-electron chi connectivity index (χ4n) is 1.53. The van der Waals surface area contributed by atoms with Crippen molar-refractivity contribution >= 4 is 6.29 Å². The van der Waals surface area contributed by atoms with E-state index in [-0.39, 0.29) is 6.10 Å². The topological polar surface area (TPSA) is 26.3 Å². The third kappa shape index (κ3) is 2.09. The van der Waals surface area contributed by atoms with E-state index < -0.39 is 0 Å². The van der Waals surface area contributed by atoms with Crippen LogP contribution in [0.1, 0.15) is 15.9 Å². The number of aldehydes is 1. The second-order valence-electron chi connectivity index (χ2n) is 3.36. The van der Waals surface area contributed by atoms with E-state index in [1.807, 2.05) is 30.3 Å². The summed E-state index contributed by atoms with van der Waals surface area (Å²) in [6.45, 7) is 0.719. The van der Waals surface area contributed by atoms with E-state index in [1.165, 1.54) is 5.56 Å². The molecule has 0 fully saturated rings. The SMILES string of the molecule is O=Cc1ccc(CC2C=CCO2)cc1. The summed E-state index contributed by atoms with van der Waals surface area (Å²) in [5, 5.41) is 0. The van der Waals surface area contributed by atoms with Crippen LogP contribution in [-0.2, 0) is 11.2 Å². The van der Waals surface area contributed by atoms with E-state index in [0.29, 0.717) is 0 Å². The molecule has 1 atom stereocenters. The lowest BCUT2D eigenvalue weighted by Crippen LogP contribution is -2.08. The fourth-order valence-corrected chi connectivity index (χ4v) is 1.53. The van der Waals surface area contributed by atoms with Crippen LogP contribution in [0.2, 0.25) is 0 Å². The molecule has 0 N–H and O–H groups in total. The molecule has 1 unspecified atom stereocenters. The largest absolute Gasteiger partial charge is 0.370 e. The van der Waals surface area contributed by atoms with Gasteiger partial charge in [0.25, 0.3) is 0 Å². The van der Waals surface area contributed by atoms with Gasteiger partial charge in [-0.2, -0.15) is 0 Å². The van der Waals surface area contributed by atoms with E-state index in [2.05, 4.69) is 6.08 Å². The van der Waals surface area contributed by atoms with Crippen LogP contribution >= 0.6 is 0 Å². The molecule has 0 bridgehead atoms. The van der Waals surface area contributed by atoms with Crippen LogP contribution in [0.3, 0.4) is 0 Å². The van der Waals surface area contributed by atoms with Gasteiger partial charge >= 0.3 is 0 Å². The van der Waals surface area contributed by atoms with Gasteiger partial charge in [-0.1, -0.05) is 36.4 Å². The summed E-state index contributed by atoms with van der Waals surface area (Å²) in [5.74, 6) is 0. The van der Waals surface area contributed by atoms with E-state index in [0.717, 1.165) is 24.9 Å². The second-order valence-corrected chi connectivity index (χ2v) is 3.36. The lowest BCUT2D eigenvalue weighted by atomic mass is 10.1. The van der Waals surface area contributed by atoms with Gasteiger partial charge in [0, 0.05) is 12.0 Å². The molecule has 2 nitrogen and oxygen atoms in total. The van der Waals surface area contributed by atoms with Crippen LogP contribution in [0.5, 0.6) is 0 Å². The van der Waals surface area contributed by atoms with Crippen molar-refractivity contribution in [3.05, 3.63) is 47.5 Å². The Labute approximate surface area is 83.2 Å². The van der Waals surface area contributed by atoms with Gasteiger partial charge in [0.1, 0.15) is 6.29 Å². The van der Waals surface area contributed by atoms with Crippen molar-refractivity contribution in [3.63, 3.8) is 0 Å². The minimum Gasteiger partial charge on any atom is -0.370 e. The summed E-state index contributed by atoms with van der Waals surface area (Å²) < 4.78 is 5.43. The number of hydrogen-bond acceptors (Lipinski definition) is 2. The maximum Gasteiger partial charge on any atom is 0.150 e. The van der Waals surface area contributed by atoms with Crippen molar-refractivity contribution in [3.8, 4) is 0 Å². The van der Waals surface area contributed by atoms with Gasteiger partial charge in [0.05, 0.1) is 12.7 Å². The van der Waals surface area contributed by atoms with Crippen molar-refractivity contribution < 1.29 is 9.53 Å². The molecule has 0 saturated heterocycles. The highest BCUT2D eigenvalue weighted by atomic mass is 16.5. The molecule has 1 aromatic rings. The summed E-state index contributed by atoms with van der Waals surface area (Å²) >= 11 is 0. The summed E-state index contributed by atoms with van der Waals surface area (Å²) in [6.07, 6.45) is 6.06. The fraction of sp³-hybridized carbons (Fsp3) is 0.250. The molecule has 0 radical (unpaired) electrons. The monoisotopic (exact) mass is 188 g/mol. The molecule has 72 valence electrons. The molecule has 0 aromatic heterocycles. The number of rotatable bonds is 3. The third-order valence-electron chi connectivity index (χ3n) is 2.31. The second kappa shape index (κ2) is 4.20. The summed E-state index contributed by atoms with van der Waals surface area (Å²) in [6, 6.07) is 7.61. The van der Waals surface area contributed by atoms with E-state index in [1.54, 1.807) is 0 Å². The molecule has 0 saturated carbocycles. The van der Waals surface area contributed by atoms with Crippen molar-refractivity contribution in [1.29, 1.82) is 0 Å². The maximum absolute atomic E-state index is 10.4. The first-order valence-electron chi connectivity index (χ1n) is 4.71. The van der Waals surface area contributed by atoms with Gasteiger partial charge in [-0.15, -0.1) is 0 Å². The summed E-state index contributed by atoms with van der Waals surface area (Å²) in [7, 11) is 0. The number of ether oxygens (including phenoxy) is 1. The highest BCUT2D eigenvalue weighted by Gasteiger charge is 2.09. The van der Waals surface area contributed by atoms with Crippen LogP contribution in [0.15, 0.2) is 36.4 Å². The Kier molecular flexibility index (Phi) is 2.75. The van der Waals surface area contributed by atoms with Gasteiger partial charge in [0.2, 0.25) is 0 Å². The molecular formula is C12H12O2. The molecule has 1 heterocycles. The standard InChI is InChI=1S/C12H12O2/c13-9-11-5-3-10(4-6-11)8-12-2-1-7-14-12/h1-6,9,12H,7-8H2.